The lowest BCUT2D eigenvalue weighted by atomic mass is 10.1. The van der Waals surface area contributed by atoms with Crippen molar-refractivity contribution in [1.29, 1.82) is 0 Å². The molecular formula is C9H17N5O2. The number of aryl methyl sites for hydroxylation is 1. The zero-order chi connectivity index (χ0) is 12.3. The lowest BCUT2D eigenvalue weighted by Crippen LogP contribution is -2.34. The van der Waals surface area contributed by atoms with E-state index in [1.54, 1.807) is 11.6 Å². The van der Waals surface area contributed by atoms with Crippen LogP contribution in [0.5, 0.6) is 0 Å². The molecule has 7 heteroatoms. The summed E-state index contributed by atoms with van der Waals surface area (Å²) in [5, 5.41) is 13.6. The Hall–Kier alpha value is -1.63. The molecule has 0 amide bonds. The second-order valence-corrected chi connectivity index (χ2v) is 4.07. The van der Waals surface area contributed by atoms with Crippen LogP contribution in [-0.2, 0) is 7.05 Å². The molecule has 0 radical (unpaired) electrons. The Balaban J connectivity index is 2.73. The van der Waals surface area contributed by atoms with Crippen molar-refractivity contribution in [3.8, 4) is 0 Å². The number of hydrogen-bond donors (Lipinski definition) is 2. The van der Waals surface area contributed by atoms with Crippen LogP contribution in [0.2, 0.25) is 0 Å². The van der Waals surface area contributed by atoms with E-state index < -0.39 is 4.92 Å². The first-order valence-corrected chi connectivity index (χ1v) is 5.08. The second-order valence-electron chi connectivity index (χ2n) is 4.07. The van der Waals surface area contributed by atoms with Crippen LogP contribution in [-0.4, -0.2) is 27.1 Å². The average molecular weight is 227 g/mol. The van der Waals surface area contributed by atoms with Gasteiger partial charge in [-0.05, 0) is 15.8 Å². The Morgan fingerprint density at radius 1 is 1.69 bits per heavy atom. The number of aromatic nitrogens is 2. The van der Waals surface area contributed by atoms with Gasteiger partial charge < -0.3 is 21.2 Å². The van der Waals surface area contributed by atoms with Gasteiger partial charge in [-0.2, -0.15) is 0 Å². The molecular weight excluding hydrogens is 210 g/mol. The van der Waals surface area contributed by atoms with Gasteiger partial charge in [0.1, 0.15) is 0 Å². The lowest BCUT2D eigenvalue weighted by Gasteiger charge is -2.16. The number of nitrogens with one attached hydrogen (secondary N) is 1. The maximum absolute atomic E-state index is 10.7. The molecule has 16 heavy (non-hydrogen) atoms. The van der Waals surface area contributed by atoms with Crippen LogP contribution in [0.15, 0.2) is 6.33 Å². The molecule has 0 fully saturated rings. The number of hydrogen-bond acceptors (Lipinski definition) is 5. The summed E-state index contributed by atoms with van der Waals surface area (Å²) in [4.78, 5) is 13.9. The maximum atomic E-state index is 10.7. The Morgan fingerprint density at radius 2 is 2.31 bits per heavy atom. The summed E-state index contributed by atoms with van der Waals surface area (Å²) in [6.07, 6.45) is 1.40. The van der Waals surface area contributed by atoms with Gasteiger partial charge in [-0.15, -0.1) is 0 Å². The molecule has 0 aliphatic heterocycles. The van der Waals surface area contributed by atoms with Crippen molar-refractivity contribution in [1.82, 2.24) is 9.55 Å². The average Bonchev–Trinajstić information content (AvgIpc) is 2.56. The van der Waals surface area contributed by atoms with Crippen molar-refractivity contribution in [2.24, 2.45) is 18.7 Å². The Morgan fingerprint density at radius 3 is 2.81 bits per heavy atom. The number of nitro groups is 1. The second kappa shape index (κ2) is 4.93. The molecule has 0 aliphatic rings. The van der Waals surface area contributed by atoms with Crippen molar-refractivity contribution in [3.05, 3.63) is 16.4 Å². The van der Waals surface area contributed by atoms with E-state index in [0.29, 0.717) is 18.3 Å². The SMILES string of the molecule is CC(C)C(N)CNc1c([N+](=O)[O-])ncn1C. The summed E-state index contributed by atoms with van der Waals surface area (Å²) < 4.78 is 1.57. The Kier molecular flexibility index (Phi) is 3.83. The lowest BCUT2D eigenvalue weighted by molar-refractivity contribution is -0.388. The molecule has 1 atom stereocenters. The number of imidazole rings is 1. The Labute approximate surface area is 93.8 Å². The zero-order valence-electron chi connectivity index (χ0n) is 9.67. The van der Waals surface area contributed by atoms with Gasteiger partial charge in [0.05, 0.1) is 0 Å². The minimum absolute atomic E-state index is 0.0468. The summed E-state index contributed by atoms with van der Waals surface area (Å²) >= 11 is 0. The highest BCUT2D eigenvalue weighted by Gasteiger charge is 2.20. The quantitative estimate of drug-likeness (QED) is 0.570. The molecule has 1 heterocycles. The van der Waals surface area contributed by atoms with Crippen LogP contribution in [0, 0.1) is 16.0 Å². The first-order chi connectivity index (χ1) is 7.43. The van der Waals surface area contributed by atoms with Gasteiger partial charge in [-0.3, -0.25) is 4.57 Å². The molecule has 1 unspecified atom stereocenters. The van der Waals surface area contributed by atoms with Crippen molar-refractivity contribution in [2.45, 2.75) is 19.9 Å². The predicted octanol–water partition coefficient (Wildman–Crippen LogP) is 0.724. The fraction of sp³-hybridized carbons (Fsp3) is 0.667. The molecule has 0 bridgehead atoms. The molecule has 0 spiro atoms. The summed E-state index contributed by atoms with van der Waals surface area (Å²) in [7, 11) is 1.70. The molecule has 0 saturated carbocycles. The minimum Gasteiger partial charge on any atom is -0.363 e. The van der Waals surface area contributed by atoms with Crippen LogP contribution in [0.1, 0.15) is 13.8 Å². The van der Waals surface area contributed by atoms with Crippen molar-refractivity contribution in [3.63, 3.8) is 0 Å². The van der Waals surface area contributed by atoms with Gasteiger partial charge in [0.15, 0.2) is 0 Å². The van der Waals surface area contributed by atoms with E-state index in [1.165, 1.54) is 6.33 Å². The first-order valence-electron chi connectivity index (χ1n) is 5.08. The number of anilines is 1. The van der Waals surface area contributed by atoms with Gasteiger partial charge in [-0.1, -0.05) is 13.8 Å². The highest BCUT2D eigenvalue weighted by molar-refractivity contribution is 5.52. The highest BCUT2D eigenvalue weighted by Crippen LogP contribution is 2.20. The predicted molar refractivity (Wildman–Crippen MR) is 61.2 cm³/mol. The molecule has 0 saturated heterocycles. The number of rotatable bonds is 5. The third-order valence-electron chi connectivity index (χ3n) is 2.45. The van der Waals surface area contributed by atoms with Crippen LogP contribution in [0.3, 0.4) is 0 Å². The summed E-state index contributed by atoms with van der Waals surface area (Å²) in [6, 6.07) is -0.0468. The van der Waals surface area contributed by atoms with Gasteiger partial charge in [0.25, 0.3) is 0 Å². The van der Waals surface area contributed by atoms with E-state index in [1.807, 2.05) is 13.8 Å². The molecule has 1 rings (SSSR count). The van der Waals surface area contributed by atoms with Crippen LogP contribution in [0.4, 0.5) is 11.6 Å². The monoisotopic (exact) mass is 227 g/mol. The van der Waals surface area contributed by atoms with Crippen molar-refractivity contribution >= 4 is 11.6 Å². The summed E-state index contributed by atoms with van der Waals surface area (Å²) in [5.41, 5.74) is 5.85. The van der Waals surface area contributed by atoms with E-state index in [2.05, 4.69) is 10.3 Å². The van der Waals surface area contributed by atoms with Crippen LogP contribution >= 0.6 is 0 Å². The first kappa shape index (κ1) is 12.4. The number of nitrogens with zero attached hydrogens (tertiary/aromatic N) is 3. The highest BCUT2D eigenvalue weighted by atomic mass is 16.6. The molecule has 3 N–H and O–H groups in total. The van der Waals surface area contributed by atoms with Crippen molar-refractivity contribution < 1.29 is 4.92 Å². The van der Waals surface area contributed by atoms with Crippen molar-refractivity contribution in [2.75, 3.05) is 11.9 Å². The van der Waals surface area contributed by atoms with Gasteiger partial charge >= 0.3 is 5.82 Å². The van der Waals surface area contributed by atoms with Gasteiger partial charge in [-0.25, -0.2) is 0 Å². The minimum atomic E-state index is -0.511. The Bertz CT molecular complexity index is 374. The standard InChI is InChI=1S/C9H17N5O2/c1-6(2)7(10)4-11-8-9(14(15)16)12-5-13(8)3/h5-7,11H,4,10H2,1-3H3. The van der Waals surface area contributed by atoms with E-state index in [0.717, 1.165) is 0 Å². The molecule has 0 aliphatic carbocycles. The maximum Gasteiger partial charge on any atom is 0.406 e. The number of nitrogens with two attached hydrogens (primary N) is 1. The summed E-state index contributed by atoms with van der Waals surface area (Å²) in [6.45, 7) is 4.49. The van der Waals surface area contributed by atoms with Gasteiger partial charge in [0.2, 0.25) is 12.1 Å². The van der Waals surface area contributed by atoms with E-state index in [-0.39, 0.29) is 11.9 Å². The molecule has 1 aromatic rings. The van der Waals surface area contributed by atoms with Crippen LogP contribution < -0.4 is 11.1 Å². The van der Waals surface area contributed by atoms with Gasteiger partial charge in [0, 0.05) is 19.6 Å². The normalized spacial score (nSPS) is 12.8. The fourth-order valence-electron chi connectivity index (χ4n) is 1.21. The smallest absolute Gasteiger partial charge is 0.363 e. The molecule has 0 aromatic carbocycles. The molecule has 90 valence electrons. The topological polar surface area (TPSA) is 99.0 Å². The van der Waals surface area contributed by atoms with E-state index >= 15 is 0 Å². The third-order valence-corrected chi connectivity index (χ3v) is 2.45. The fourth-order valence-corrected chi connectivity index (χ4v) is 1.21. The largest absolute Gasteiger partial charge is 0.406 e. The third kappa shape index (κ3) is 2.69. The molecule has 1 aromatic heterocycles. The van der Waals surface area contributed by atoms with Crippen LogP contribution in [0.25, 0.3) is 0 Å². The van der Waals surface area contributed by atoms with E-state index in [9.17, 15) is 10.1 Å². The van der Waals surface area contributed by atoms with E-state index in [4.69, 9.17) is 5.73 Å². The summed E-state index contributed by atoms with van der Waals surface area (Å²) in [5.74, 6) is 0.541. The zero-order valence-corrected chi connectivity index (χ0v) is 9.67. The molecule has 7 nitrogen and oxygen atoms in total.